The normalized spacial score (nSPS) is 10.3. The second-order valence-corrected chi connectivity index (χ2v) is 6.12. The van der Waals surface area contributed by atoms with Gasteiger partial charge in [-0.2, -0.15) is 0 Å². The molecule has 3 aromatic rings. The van der Waals surface area contributed by atoms with Crippen LogP contribution in [0.1, 0.15) is 31.8 Å². The zero-order valence-corrected chi connectivity index (χ0v) is 14.9. The summed E-state index contributed by atoms with van der Waals surface area (Å²) in [6.07, 6.45) is 0. The number of carbonyl (C=O) groups excluding carboxylic acids is 2. The van der Waals surface area contributed by atoms with Crippen LogP contribution in [0.5, 0.6) is 17.2 Å². The standard InChI is InChI=1S/C22H18O5/c1-14-6-3-8-16(12-14)21(24)26-19-11-5-10-18(23)20(19)27-22(25)17-9-4-7-15(2)13-17/h3-13,23H,1-2H3. The second kappa shape index (κ2) is 7.74. The molecule has 0 fully saturated rings. The average Bonchev–Trinajstić information content (AvgIpc) is 2.64. The summed E-state index contributed by atoms with van der Waals surface area (Å²) in [5, 5.41) is 10.1. The lowest BCUT2D eigenvalue weighted by atomic mass is 10.1. The molecule has 5 heteroatoms. The van der Waals surface area contributed by atoms with Crippen molar-refractivity contribution in [2.45, 2.75) is 13.8 Å². The van der Waals surface area contributed by atoms with E-state index < -0.39 is 11.9 Å². The van der Waals surface area contributed by atoms with Gasteiger partial charge in [0.25, 0.3) is 0 Å². The predicted octanol–water partition coefficient (Wildman–Crippen LogP) is 4.45. The fourth-order valence-corrected chi connectivity index (χ4v) is 2.54. The molecule has 0 unspecified atom stereocenters. The smallest absolute Gasteiger partial charge is 0.343 e. The molecule has 0 radical (unpaired) electrons. The van der Waals surface area contributed by atoms with E-state index in [1.54, 1.807) is 36.4 Å². The van der Waals surface area contributed by atoms with Crippen molar-refractivity contribution >= 4 is 11.9 Å². The van der Waals surface area contributed by atoms with Gasteiger partial charge >= 0.3 is 11.9 Å². The number of para-hydroxylation sites is 1. The van der Waals surface area contributed by atoms with Gasteiger partial charge in [-0.1, -0.05) is 41.5 Å². The van der Waals surface area contributed by atoms with Gasteiger partial charge in [0.05, 0.1) is 11.1 Å². The van der Waals surface area contributed by atoms with Gasteiger partial charge < -0.3 is 14.6 Å². The van der Waals surface area contributed by atoms with Crippen molar-refractivity contribution in [2.75, 3.05) is 0 Å². The molecule has 0 saturated heterocycles. The highest BCUT2D eigenvalue weighted by Crippen LogP contribution is 2.37. The van der Waals surface area contributed by atoms with Crippen LogP contribution in [0.2, 0.25) is 0 Å². The first-order chi connectivity index (χ1) is 12.9. The molecule has 0 aliphatic heterocycles. The lowest BCUT2D eigenvalue weighted by Crippen LogP contribution is -2.13. The van der Waals surface area contributed by atoms with Crippen molar-refractivity contribution in [3.8, 4) is 17.2 Å². The Balaban J connectivity index is 1.86. The number of hydrogen-bond acceptors (Lipinski definition) is 5. The Bertz CT molecular complexity index is 1010. The summed E-state index contributed by atoms with van der Waals surface area (Å²) in [5.74, 6) is -1.82. The van der Waals surface area contributed by atoms with E-state index in [1.807, 2.05) is 26.0 Å². The Morgan fingerprint density at radius 2 is 1.26 bits per heavy atom. The van der Waals surface area contributed by atoms with E-state index in [2.05, 4.69) is 0 Å². The summed E-state index contributed by atoms with van der Waals surface area (Å²) in [6, 6.07) is 18.1. The Hall–Kier alpha value is -3.60. The summed E-state index contributed by atoms with van der Waals surface area (Å²) in [4.78, 5) is 24.8. The highest BCUT2D eigenvalue weighted by Gasteiger charge is 2.19. The van der Waals surface area contributed by atoms with Crippen molar-refractivity contribution in [1.29, 1.82) is 0 Å². The average molecular weight is 362 g/mol. The van der Waals surface area contributed by atoms with Crippen LogP contribution < -0.4 is 9.47 Å². The molecule has 27 heavy (non-hydrogen) atoms. The number of phenols is 1. The zero-order valence-electron chi connectivity index (χ0n) is 14.9. The number of aromatic hydroxyl groups is 1. The Morgan fingerprint density at radius 1 is 0.741 bits per heavy atom. The fourth-order valence-electron chi connectivity index (χ4n) is 2.54. The van der Waals surface area contributed by atoms with Crippen molar-refractivity contribution in [1.82, 2.24) is 0 Å². The Labute approximate surface area is 156 Å². The lowest BCUT2D eigenvalue weighted by Gasteiger charge is -2.12. The van der Waals surface area contributed by atoms with Crippen LogP contribution in [0.3, 0.4) is 0 Å². The van der Waals surface area contributed by atoms with Gasteiger partial charge in [-0.3, -0.25) is 0 Å². The SMILES string of the molecule is Cc1cccc(C(=O)Oc2cccc(O)c2OC(=O)c2cccc(C)c2)c1. The molecule has 0 heterocycles. The fraction of sp³-hybridized carbons (Fsp3) is 0.0909. The molecule has 0 aromatic heterocycles. The minimum atomic E-state index is -0.659. The van der Waals surface area contributed by atoms with Crippen molar-refractivity contribution < 1.29 is 24.2 Å². The molecule has 0 aliphatic carbocycles. The van der Waals surface area contributed by atoms with Crippen LogP contribution in [-0.2, 0) is 0 Å². The van der Waals surface area contributed by atoms with Crippen molar-refractivity contribution in [2.24, 2.45) is 0 Å². The first kappa shape index (κ1) is 18.2. The molecule has 0 saturated carbocycles. The number of ether oxygens (including phenoxy) is 2. The molecular formula is C22H18O5. The maximum Gasteiger partial charge on any atom is 0.343 e. The van der Waals surface area contributed by atoms with Crippen LogP contribution in [0, 0.1) is 13.8 Å². The molecule has 1 N–H and O–H groups in total. The molecule has 3 aromatic carbocycles. The predicted molar refractivity (Wildman–Crippen MR) is 100 cm³/mol. The van der Waals surface area contributed by atoms with E-state index in [4.69, 9.17) is 9.47 Å². The van der Waals surface area contributed by atoms with Gasteiger partial charge in [-0.25, -0.2) is 9.59 Å². The molecule has 0 spiro atoms. The van der Waals surface area contributed by atoms with Gasteiger partial charge in [0, 0.05) is 0 Å². The van der Waals surface area contributed by atoms with Crippen LogP contribution in [0.4, 0.5) is 0 Å². The number of esters is 2. The van der Waals surface area contributed by atoms with Crippen LogP contribution in [0.25, 0.3) is 0 Å². The van der Waals surface area contributed by atoms with Gasteiger partial charge in [0.15, 0.2) is 11.5 Å². The van der Waals surface area contributed by atoms with E-state index >= 15 is 0 Å². The molecule has 5 nitrogen and oxygen atoms in total. The number of phenolic OH excluding ortho intramolecular Hbond substituents is 1. The van der Waals surface area contributed by atoms with E-state index in [0.717, 1.165) is 11.1 Å². The van der Waals surface area contributed by atoms with Gasteiger partial charge in [-0.05, 0) is 50.2 Å². The molecule has 3 rings (SSSR count). The number of hydrogen-bond donors (Lipinski definition) is 1. The molecule has 0 atom stereocenters. The minimum absolute atomic E-state index is 0.0393. The number of benzene rings is 3. The topological polar surface area (TPSA) is 72.8 Å². The molecule has 0 aliphatic rings. The Kier molecular flexibility index (Phi) is 5.22. The number of aryl methyl sites for hydroxylation is 2. The second-order valence-electron chi connectivity index (χ2n) is 6.12. The lowest BCUT2D eigenvalue weighted by molar-refractivity contribution is 0.0678. The maximum absolute atomic E-state index is 12.4. The third kappa shape index (κ3) is 4.33. The summed E-state index contributed by atoms with van der Waals surface area (Å²) in [7, 11) is 0. The summed E-state index contributed by atoms with van der Waals surface area (Å²) in [6.45, 7) is 3.71. The van der Waals surface area contributed by atoms with Gasteiger partial charge in [0.2, 0.25) is 5.75 Å². The largest absolute Gasteiger partial charge is 0.504 e. The summed E-state index contributed by atoms with van der Waals surface area (Å²) >= 11 is 0. The van der Waals surface area contributed by atoms with Crippen molar-refractivity contribution in [3.63, 3.8) is 0 Å². The van der Waals surface area contributed by atoms with E-state index in [-0.39, 0.29) is 17.2 Å². The van der Waals surface area contributed by atoms with Gasteiger partial charge in [0.1, 0.15) is 0 Å². The molecule has 0 amide bonds. The Morgan fingerprint density at radius 3 is 1.81 bits per heavy atom. The maximum atomic E-state index is 12.4. The first-order valence-corrected chi connectivity index (χ1v) is 8.34. The summed E-state index contributed by atoms with van der Waals surface area (Å²) in [5.41, 5.74) is 2.49. The third-order valence-electron chi connectivity index (χ3n) is 3.86. The molecule has 0 bridgehead atoms. The monoisotopic (exact) mass is 362 g/mol. The quantitative estimate of drug-likeness (QED) is 0.548. The number of rotatable bonds is 4. The highest BCUT2D eigenvalue weighted by atomic mass is 16.6. The van der Waals surface area contributed by atoms with Crippen LogP contribution in [0.15, 0.2) is 66.7 Å². The highest BCUT2D eigenvalue weighted by molar-refractivity contribution is 5.93. The van der Waals surface area contributed by atoms with E-state index in [9.17, 15) is 14.7 Å². The van der Waals surface area contributed by atoms with Crippen LogP contribution in [-0.4, -0.2) is 17.0 Å². The van der Waals surface area contributed by atoms with Crippen molar-refractivity contribution in [3.05, 3.63) is 89.0 Å². The van der Waals surface area contributed by atoms with Gasteiger partial charge in [-0.15, -0.1) is 0 Å². The summed E-state index contributed by atoms with van der Waals surface area (Å²) < 4.78 is 10.7. The first-order valence-electron chi connectivity index (χ1n) is 8.34. The minimum Gasteiger partial charge on any atom is -0.504 e. The van der Waals surface area contributed by atoms with E-state index in [1.165, 1.54) is 18.2 Å². The van der Waals surface area contributed by atoms with Crippen LogP contribution >= 0.6 is 0 Å². The molecule has 136 valence electrons. The van der Waals surface area contributed by atoms with E-state index in [0.29, 0.717) is 11.1 Å². The zero-order chi connectivity index (χ0) is 19.4. The number of carbonyl (C=O) groups is 2. The third-order valence-corrected chi connectivity index (χ3v) is 3.86. The molecular weight excluding hydrogens is 344 g/mol.